The summed E-state index contributed by atoms with van der Waals surface area (Å²) in [6, 6.07) is 10.1. The Kier molecular flexibility index (Phi) is 8.06. The molecule has 0 aliphatic carbocycles. The summed E-state index contributed by atoms with van der Waals surface area (Å²) in [7, 11) is 0. The smallest absolute Gasteiger partial charge is 0.220 e. The van der Waals surface area contributed by atoms with Gasteiger partial charge in [-0.1, -0.05) is 70.9 Å². The van der Waals surface area contributed by atoms with Gasteiger partial charge in [0.15, 0.2) is 5.82 Å². The maximum absolute atomic E-state index is 12.8. The summed E-state index contributed by atoms with van der Waals surface area (Å²) in [6.45, 7) is 10.4. The predicted octanol–water partition coefficient (Wildman–Crippen LogP) is 7.98. The number of rotatable bonds is 8. The maximum atomic E-state index is 12.8. The normalized spacial score (nSPS) is 11.6. The molecule has 3 nitrogen and oxygen atoms in total. The molecule has 0 saturated heterocycles. The molecule has 31 heavy (non-hydrogen) atoms. The molecule has 0 unspecified atom stereocenters. The number of aryl methyl sites for hydroxylation is 2. The molecule has 5 heteroatoms. The van der Waals surface area contributed by atoms with Gasteiger partial charge in [-0.15, -0.1) is 11.3 Å². The highest BCUT2D eigenvalue weighted by molar-refractivity contribution is 8.15. The number of carbonyl (C=O) groups excluding carboxylic acids is 1. The van der Waals surface area contributed by atoms with Crippen molar-refractivity contribution < 1.29 is 4.79 Å². The van der Waals surface area contributed by atoms with E-state index in [1.807, 2.05) is 37.4 Å². The van der Waals surface area contributed by atoms with Gasteiger partial charge < -0.3 is 0 Å². The Morgan fingerprint density at radius 2 is 1.90 bits per heavy atom. The number of hydrogen-bond acceptors (Lipinski definition) is 5. The third-order valence-electron chi connectivity index (χ3n) is 5.05. The van der Waals surface area contributed by atoms with E-state index < -0.39 is 0 Å². The van der Waals surface area contributed by atoms with Crippen molar-refractivity contribution in [1.29, 1.82) is 0 Å². The largest absolute Gasteiger partial charge is 0.282 e. The first-order valence-corrected chi connectivity index (χ1v) is 12.7. The Morgan fingerprint density at radius 3 is 2.65 bits per heavy atom. The van der Waals surface area contributed by atoms with E-state index in [9.17, 15) is 4.79 Å². The van der Waals surface area contributed by atoms with Crippen LogP contribution in [-0.2, 0) is 6.42 Å². The zero-order chi connectivity index (χ0) is 22.4. The van der Waals surface area contributed by atoms with E-state index in [4.69, 9.17) is 4.98 Å². The molecule has 0 radical (unpaired) electrons. The first-order chi connectivity index (χ1) is 14.8. The third-order valence-corrected chi connectivity index (χ3v) is 7.05. The lowest BCUT2D eigenvalue weighted by Crippen LogP contribution is -2.12. The second-order valence-corrected chi connectivity index (χ2v) is 11.6. The highest BCUT2D eigenvalue weighted by Gasteiger charge is 2.20. The number of benzene rings is 1. The summed E-state index contributed by atoms with van der Waals surface area (Å²) in [4.78, 5) is 23.5. The fourth-order valence-corrected chi connectivity index (χ4v) is 5.25. The summed E-state index contributed by atoms with van der Waals surface area (Å²) in [5.74, 6) is 0.664. The lowest BCUT2D eigenvalue weighted by molar-refractivity contribution is 0.108. The van der Waals surface area contributed by atoms with Gasteiger partial charge in [0.1, 0.15) is 0 Å². The van der Waals surface area contributed by atoms with Crippen molar-refractivity contribution in [3.05, 3.63) is 58.6 Å². The predicted molar refractivity (Wildman–Crippen MR) is 135 cm³/mol. The van der Waals surface area contributed by atoms with Gasteiger partial charge in [-0.2, -0.15) is 0 Å². The van der Waals surface area contributed by atoms with Gasteiger partial charge >= 0.3 is 0 Å². The molecule has 0 bridgehead atoms. The maximum Gasteiger partial charge on any atom is 0.220 e. The molecule has 2 aromatic heterocycles. The molecule has 0 atom stereocenters. The van der Waals surface area contributed by atoms with Crippen molar-refractivity contribution in [2.45, 2.75) is 71.5 Å². The van der Waals surface area contributed by atoms with E-state index >= 15 is 0 Å². The van der Waals surface area contributed by atoms with Gasteiger partial charge in [0, 0.05) is 22.1 Å². The second-order valence-electron chi connectivity index (χ2n) is 8.88. The zero-order valence-corrected chi connectivity index (χ0v) is 20.8. The fourth-order valence-electron chi connectivity index (χ4n) is 3.44. The van der Waals surface area contributed by atoms with Crippen LogP contribution in [0.25, 0.3) is 22.0 Å². The summed E-state index contributed by atoms with van der Waals surface area (Å²) < 4.78 is -0.122. The fraction of sp³-hybridized carbons (Fsp3) is 0.423. The average Bonchev–Trinajstić information content (AvgIpc) is 3.19. The SMILES string of the molecule is CCCCCCc1ccsc1-c1ccnc(-c2ccc(C)c(C(=O)SC(C)(C)C)c2)n1. The quantitative estimate of drug-likeness (QED) is 0.325. The average molecular weight is 453 g/mol. The first kappa shape index (κ1) is 23.7. The van der Waals surface area contributed by atoms with Crippen molar-refractivity contribution in [1.82, 2.24) is 9.97 Å². The number of nitrogens with zero attached hydrogens (tertiary/aromatic N) is 2. The molecular formula is C26H32N2OS2. The second kappa shape index (κ2) is 10.6. The lowest BCUT2D eigenvalue weighted by Gasteiger charge is -2.17. The number of aromatic nitrogens is 2. The number of unbranched alkanes of at least 4 members (excludes halogenated alkanes) is 3. The minimum atomic E-state index is -0.122. The molecule has 0 amide bonds. The van der Waals surface area contributed by atoms with E-state index in [1.54, 1.807) is 11.3 Å². The Labute approximate surface area is 194 Å². The van der Waals surface area contributed by atoms with Crippen LogP contribution in [-0.4, -0.2) is 19.8 Å². The summed E-state index contributed by atoms with van der Waals surface area (Å²) in [5, 5.41) is 2.24. The minimum Gasteiger partial charge on any atom is -0.282 e. The van der Waals surface area contributed by atoms with Crippen LogP contribution < -0.4 is 0 Å². The van der Waals surface area contributed by atoms with Crippen LogP contribution in [0.5, 0.6) is 0 Å². The van der Waals surface area contributed by atoms with Crippen molar-refractivity contribution in [3.63, 3.8) is 0 Å². The van der Waals surface area contributed by atoms with Crippen LogP contribution in [0, 0.1) is 6.92 Å². The van der Waals surface area contributed by atoms with Crippen LogP contribution in [0.4, 0.5) is 0 Å². The molecule has 1 aromatic carbocycles. The van der Waals surface area contributed by atoms with Gasteiger partial charge in [0.25, 0.3) is 0 Å². The van der Waals surface area contributed by atoms with Gasteiger partial charge in [0.05, 0.1) is 10.6 Å². The third kappa shape index (κ3) is 6.50. The standard InChI is InChI=1S/C26H32N2OS2/c1-6-7-8-9-10-19-14-16-30-23(19)22-13-15-27-24(28-22)20-12-11-18(2)21(17-20)25(29)31-26(3,4)5/h11-17H,6-10H2,1-5H3. The Bertz CT molecular complexity index is 1030. The number of thiophene rings is 1. The molecule has 0 aliphatic rings. The van der Waals surface area contributed by atoms with Crippen LogP contribution in [0.3, 0.4) is 0 Å². The molecule has 0 N–H and O–H groups in total. The Balaban J connectivity index is 1.87. The highest BCUT2D eigenvalue weighted by atomic mass is 32.2. The monoisotopic (exact) mass is 452 g/mol. The summed E-state index contributed by atoms with van der Waals surface area (Å²) >= 11 is 3.10. The van der Waals surface area contributed by atoms with Crippen LogP contribution in [0.15, 0.2) is 41.9 Å². The molecule has 164 valence electrons. The summed E-state index contributed by atoms with van der Waals surface area (Å²) in [6.07, 6.45) is 7.94. The van der Waals surface area contributed by atoms with Crippen molar-refractivity contribution in [2.24, 2.45) is 0 Å². The minimum absolute atomic E-state index is 0.0932. The van der Waals surface area contributed by atoms with E-state index in [2.05, 4.69) is 44.1 Å². The van der Waals surface area contributed by atoms with Gasteiger partial charge in [0.2, 0.25) is 5.12 Å². The number of carbonyl (C=O) groups is 1. The van der Waals surface area contributed by atoms with Gasteiger partial charge in [-0.3, -0.25) is 4.79 Å². The molecule has 2 heterocycles. The van der Waals surface area contributed by atoms with Crippen molar-refractivity contribution in [2.75, 3.05) is 0 Å². The van der Waals surface area contributed by atoms with E-state index in [-0.39, 0.29) is 9.86 Å². The molecule has 0 spiro atoms. The molecule has 3 aromatic rings. The van der Waals surface area contributed by atoms with E-state index in [0.717, 1.165) is 28.8 Å². The molecule has 0 aliphatic heterocycles. The topological polar surface area (TPSA) is 42.9 Å². The van der Waals surface area contributed by atoms with E-state index in [0.29, 0.717) is 5.82 Å². The van der Waals surface area contributed by atoms with Crippen molar-refractivity contribution in [3.8, 4) is 22.0 Å². The van der Waals surface area contributed by atoms with Crippen molar-refractivity contribution >= 4 is 28.2 Å². The lowest BCUT2D eigenvalue weighted by atomic mass is 10.0. The van der Waals surface area contributed by atoms with E-state index in [1.165, 1.54) is 47.9 Å². The first-order valence-electron chi connectivity index (χ1n) is 11.0. The van der Waals surface area contributed by atoms with Crippen LogP contribution in [0.2, 0.25) is 0 Å². The molecule has 0 saturated carbocycles. The number of hydrogen-bond donors (Lipinski definition) is 0. The van der Waals surface area contributed by atoms with Crippen LogP contribution in [0.1, 0.15) is 74.9 Å². The summed E-state index contributed by atoms with van der Waals surface area (Å²) in [5.41, 5.74) is 4.93. The molecular weight excluding hydrogens is 420 g/mol. The Hall–Kier alpha value is -1.98. The number of thioether (sulfide) groups is 1. The highest BCUT2D eigenvalue weighted by Crippen LogP contribution is 2.32. The zero-order valence-electron chi connectivity index (χ0n) is 19.2. The van der Waals surface area contributed by atoms with Gasteiger partial charge in [-0.05, 0) is 54.5 Å². The van der Waals surface area contributed by atoms with Crippen LogP contribution >= 0.6 is 23.1 Å². The van der Waals surface area contributed by atoms with Gasteiger partial charge in [-0.25, -0.2) is 9.97 Å². The Morgan fingerprint density at radius 1 is 1.10 bits per heavy atom. The molecule has 0 fully saturated rings. The molecule has 3 rings (SSSR count).